The van der Waals surface area contributed by atoms with Gasteiger partial charge in [-0.15, -0.1) is 0 Å². The SMILES string of the molecule is Cc1cc(C)c(S(=O)(=O)N(CCC(=O)N2CCNCC2)CCN2CCN(C)CC2)cc1C. The van der Waals surface area contributed by atoms with E-state index in [2.05, 4.69) is 22.2 Å². The predicted octanol–water partition coefficient (Wildman–Crippen LogP) is 0.672. The van der Waals surface area contributed by atoms with Crippen molar-refractivity contribution in [1.82, 2.24) is 24.3 Å². The van der Waals surface area contributed by atoms with E-state index in [0.717, 1.165) is 56.0 Å². The first-order chi connectivity index (χ1) is 15.2. The second-order valence-corrected chi connectivity index (χ2v) is 11.0. The first-order valence-corrected chi connectivity index (χ1v) is 13.1. The second kappa shape index (κ2) is 11.1. The zero-order valence-electron chi connectivity index (χ0n) is 20.1. The fourth-order valence-electron chi connectivity index (χ4n) is 4.32. The lowest BCUT2D eigenvalue weighted by Crippen LogP contribution is -2.49. The molecule has 1 amide bonds. The van der Waals surface area contributed by atoms with Crippen LogP contribution >= 0.6 is 0 Å². The van der Waals surface area contributed by atoms with Gasteiger partial charge in [0.25, 0.3) is 0 Å². The Morgan fingerprint density at radius 1 is 0.938 bits per heavy atom. The van der Waals surface area contributed by atoms with Crippen molar-refractivity contribution in [3.8, 4) is 0 Å². The van der Waals surface area contributed by atoms with Gasteiger partial charge in [-0.25, -0.2) is 8.42 Å². The van der Waals surface area contributed by atoms with Crippen LogP contribution in [0, 0.1) is 20.8 Å². The van der Waals surface area contributed by atoms with Gasteiger partial charge in [0.05, 0.1) is 4.90 Å². The maximum absolute atomic E-state index is 13.7. The van der Waals surface area contributed by atoms with Crippen LogP contribution in [0.3, 0.4) is 0 Å². The number of piperazine rings is 2. The quantitative estimate of drug-likeness (QED) is 0.608. The van der Waals surface area contributed by atoms with E-state index >= 15 is 0 Å². The van der Waals surface area contributed by atoms with Crippen molar-refractivity contribution < 1.29 is 13.2 Å². The summed E-state index contributed by atoms with van der Waals surface area (Å²) in [6, 6.07) is 3.72. The first-order valence-electron chi connectivity index (χ1n) is 11.7. The van der Waals surface area contributed by atoms with E-state index in [4.69, 9.17) is 0 Å². The number of hydrogen-bond acceptors (Lipinski definition) is 6. The molecule has 32 heavy (non-hydrogen) atoms. The molecule has 8 nitrogen and oxygen atoms in total. The third-order valence-corrected chi connectivity index (χ3v) is 8.76. The molecule has 1 aromatic rings. The van der Waals surface area contributed by atoms with Crippen LogP contribution in [-0.2, 0) is 14.8 Å². The van der Waals surface area contributed by atoms with E-state index in [-0.39, 0.29) is 18.9 Å². The molecule has 0 bridgehead atoms. The van der Waals surface area contributed by atoms with Crippen LogP contribution in [0.1, 0.15) is 23.1 Å². The molecule has 0 spiro atoms. The maximum Gasteiger partial charge on any atom is 0.243 e. The van der Waals surface area contributed by atoms with E-state index in [1.165, 1.54) is 4.31 Å². The standard InChI is InChI=1S/C23H39N5O3S/c1-19-17-21(3)22(18-20(19)2)32(30,31)28(16-15-26-13-11-25(4)12-14-26)8-5-23(29)27-9-6-24-7-10-27/h17-18,24H,5-16H2,1-4H3. The highest BCUT2D eigenvalue weighted by atomic mass is 32.2. The Hall–Kier alpha value is -1.52. The summed E-state index contributed by atoms with van der Waals surface area (Å²) in [5.74, 6) is 0.0307. The van der Waals surface area contributed by atoms with Gasteiger partial charge < -0.3 is 15.1 Å². The Bertz CT molecular complexity index is 891. The molecular weight excluding hydrogens is 426 g/mol. The van der Waals surface area contributed by atoms with Gasteiger partial charge in [0, 0.05) is 78.4 Å². The topological polar surface area (TPSA) is 76.2 Å². The molecule has 2 aliphatic rings. The summed E-state index contributed by atoms with van der Waals surface area (Å²) in [6.45, 7) is 13.9. The first kappa shape index (κ1) is 25.1. The van der Waals surface area contributed by atoms with E-state index < -0.39 is 10.0 Å². The maximum atomic E-state index is 13.7. The molecule has 2 fully saturated rings. The number of carbonyl (C=O) groups excluding carboxylic acids is 1. The van der Waals surface area contributed by atoms with Crippen molar-refractivity contribution in [3.05, 3.63) is 28.8 Å². The summed E-state index contributed by atoms with van der Waals surface area (Å²) in [5.41, 5.74) is 2.80. The van der Waals surface area contributed by atoms with E-state index in [0.29, 0.717) is 31.1 Å². The number of aryl methyl sites for hydroxylation is 3. The molecule has 2 heterocycles. The third-order valence-electron chi connectivity index (χ3n) is 6.72. The van der Waals surface area contributed by atoms with Crippen LogP contribution in [0.2, 0.25) is 0 Å². The molecule has 2 saturated heterocycles. The molecule has 0 radical (unpaired) electrons. The van der Waals surface area contributed by atoms with Crippen molar-refractivity contribution in [3.63, 3.8) is 0 Å². The summed E-state index contributed by atoms with van der Waals surface area (Å²) >= 11 is 0. The Balaban J connectivity index is 1.75. The number of rotatable bonds is 8. The van der Waals surface area contributed by atoms with Crippen LogP contribution in [0.4, 0.5) is 0 Å². The van der Waals surface area contributed by atoms with Gasteiger partial charge in [-0.3, -0.25) is 9.69 Å². The van der Waals surface area contributed by atoms with Crippen LogP contribution in [0.5, 0.6) is 0 Å². The van der Waals surface area contributed by atoms with E-state index in [9.17, 15) is 13.2 Å². The average molecular weight is 466 g/mol. The zero-order valence-corrected chi connectivity index (χ0v) is 20.9. The number of nitrogens with zero attached hydrogens (tertiary/aromatic N) is 4. The Kier molecular flexibility index (Phi) is 8.68. The number of benzene rings is 1. The molecular formula is C23H39N5O3S. The lowest BCUT2D eigenvalue weighted by Gasteiger charge is -2.34. The minimum absolute atomic E-state index is 0.0307. The Labute approximate surface area is 193 Å². The summed E-state index contributed by atoms with van der Waals surface area (Å²) in [7, 11) is -1.59. The fraction of sp³-hybridized carbons (Fsp3) is 0.696. The minimum Gasteiger partial charge on any atom is -0.340 e. The third kappa shape index (κ3) is 6.29. The van der Waals surface area contributed by atoms with E-state index in [1.54, 1.807) is 6.07 Å². The zero-order chi connectivity index (χ0) is 23.3. The number of carbonyl (C=O) groups is 1. The summed E-state index contributed by atoms with van der Waals surface area (Å²) < 4.78 is 28.9. The number of hydrogen-bond donors (Lipinski definition) is 1. The second-order valence-electron chi connectivity index (χ2n) is 9.13. The number of nitrogens with one attached hydrogen (secondary N) is 1. The number of likely N-dealkylation sites (N-methyl/N-ethyl adjacent to an activating group) is 1. The normalized spacial score (nSPS) is 19.0. The summed E-state index contributed by atoms with van der Waals surface area (Å²) in [6.07, 6.45) is 0.214. The van der Waals surface area contributed by atoms with Gasteiger partial charge in [-0.05, 0) is 50.6 Å². The molecule has 0 aromatic heterocycles. The molecule has 180 valence electrons. The fourth-order valence-corrected chi connectivity index (χ4v) is 6.04. The Morgan fingerprint density at radius 3 is 2.22 bits per heavy atom. The lowest BCUT2D eigenvalue weighted by molar-refractivity contribution is -0.131. The van der Waals surface area contributed by atoms with Crippen molar-refractivity contribution in [2.24, 2.45) is 0 Å². The van der Waals surface area contributed by atoms with Crippen molar-refractivity contribution >= 4 is 15.9 Å². The Morgan fingerprint density at radius 2 is 1.56 bits per heavy atom. The van der Waals surface area contributed by atoms with Gasteiger partial charge in [0.15, 0.2) is 0 Å². The molecule has 0 unspecified atom stereocenters. The largest absolute Gasteiger partial charge is 0.340 e. The van der Waals surface area contributed by atoms with E-state index in [1.807, 2.05) is 31.7 Å². The molecule has 0 aliphatic carbocycles. The van der Waals surface area contributed by atoms with Gasteiger partial charge in [-0.2, -0.15) is 4.31 Å². The molecule has 1 N–H and O–H groups in total. The molecule has 3 rings (SSSR count). The van der Waals surface area contributed by atoms with Crippen LogP contribution in [0.15, 0.2) is 17.0 Å². The van der Waals surface area contributed by atoms with Crippen LogP contribution < -0.4 is 5.32 Å². The molecule has 9 heteroatoms. The molecule has 0 saturated carbocycles. The smallest absolute Gasteiger partial charge is 0.243 e. The molecule has 1 aromatic carbocycles. The summed E-state index contributed by atoms with van der Waals surface area (Å²) in [4.78, 5) is 19.5. The van der Waals surface area contributed by atoms with Gasteiger partial charge in [-0.1, -0.05) is 6.07 Å². The number of amides is 1. The van der Waals surface area contributed by atoms with Gasteiger partial charge in [0.1, 0.15) is 0 Å². The highest BCUT2D eigenvalue weighted by Crippen LogP contribution is 2.24. The van der Waals surface area contributed by atoms with Crippen molar-refractivity contribution in [2.45, 2.75) is 32.1 Å². The minimum atomic E-state index is -3.70. The van der Waals surface area contributed by atoms with Crippen molar-refractivity contribution in [2.75, 3.05) is 79.0 Å². The molecule has 2 aliphatic heterocycles. The van der Waals surface area contributed by atoms with Gasteiger partial charge in [0.2, 0.25) is 15.9 Å². The highest BCUT2D eigenvalue weighted by molar-refractivity contribution is 7.89. The predicted molar refractivity (Wildman–Crippen MR) is 127 cm³/mol. The van der Waals surface area contributed by atoms with Crippen molar-refractivity contribution in [1.29, 1.82) is 0 Å². The highest BCUT2D eigenvalue weighted by Gasteiger charge is 2.29. The van der Waals surface area contributed by atoms with Gasteiger partial charge >= 0.3 is 0 Å². The van der Waals surface area contributed by atoms with Crippen LogP contribution in [0.25, 0.3) is 0 Å². The molecule has 0 atom stereocenters. The van der Waals surface area contributed by atoms with Crippen LogP contribution in [-0.4, -0.2) is 112 Å². The average Bonchev–Trinajstić information content (AvgIpc) is 2.77. The number of sulfonamides is 1. The lowest BCUT2D eigenvalue weighted by atomic mass is 10.1. The summed E-state index contributed by atoms with van der Waals surface area (Å²) in [5, 5.41) is 3.25. The monoisotopic (exact) mass is 465 g/mol.